The summed E-state index contributed by atoms with van der Waals surface area (Å²) in [5.74, 6) is 0.661. The van der Waals surface area contributed by atoms with Crippen molar-refractivity contribution < 1.29 is 0 Å². The molecule has 1 aliphatic rings. The lowest BCUT2D eigenvalue weighted by Crippen LogP contribution is -2.17. The first-order valence-electron chi connectivity index (χ1n) is 5.68. The van der Waals surface area contributed by atoms with Gasteiger partial charge in [0.1, 0.15) is 11.9 Å². The van der Waals surface area contributed by atoms with Crippen LogP contribution in [-0.4, -0.2) is 22.5 Å². The molecule has 1 aliphatic carbocycles. The second-order valence-electron chi connectivity index (χ2n) is 4.29. The molecule has 3 N–H and O–H groups in total. The summed E-state index contributed by atoms with van der Waals surface area (Å²) < 4.78 is 0. The van der Waals surface area contributed by atoms with Gasteiger partial charge in [0, 0.05) is 11.3 Å². The normalized spacial score (nSPS) is 23.3. The highest BCUT2D eigenvalue weighted by Gasteiger charge is 2.24. The third-order valence-electron chi connectivity index (χ3n) is 3.09. The molecule has 2 unspecified atom stereocenters. The van der Waals surface area contributed by atoms with Crippen LogP contribution in [0.4, 0.5) is 11.5 Å². The molecular weight excluding hydrogens is 232 g/mol. The Bertz CT molecular complexity index is 441. The van der Waals surface area contributed by atoms with E-state index in [1.165, 1.54) is 6.42 Å². The zero-order valence-corrected chi connectivity index (χ0v) is 10.6. The number of aromatic nitrogens is 1. The van der Waals surface area contributed by atoms with Crippen LogP contribution in [0.5, 0.6) is 0 Å². The predicted octanol–water partition coefficient (Wildman–Crippen LogP) is 2.23. The van der Waals surface area contributed by atoms with Crippen LogP contribution in [0.2, 0.25) is 0 Å². The second kappa shape index (κ2) is 5.28. The lowest BCUT2D eigenvalue weighted by Gasteiger charge is -2.14. The van der Waals surface area contributed by atoms with Gasteiger partial charge < -0.3 is 11.1 Å². The van der Waals surface area contributed by atoms with Crippen molar-refractivity contribution in [3.8, 4) is 6.07 Å². The Labute approximate surface area is 106 Å². The van der Waals surface area contributed by atoms with Gasteiger partial charge in [0.2, 0.25) is 0 Å². The molecule has 1 aromatic heterocycles. The highest BCUT2D eigenvalue weighted by atomic mass is 32.2. The van der Waals surface area contributed by atoms with Crippen molar-refractivity contribution >= 4 is 23.3 Å². The van der Waals surface area contributed by atoms with Gasteiger partial charge in [-0.1, -0.05) is 0 Å². The number of anilines is 2. The number of nitrogens with two attached hydrogens (primary N) is 1. The molecule has 1 heterocycles. The smallest absolute Gasteiger partial charge is 0.144 e. The molecule has 0 radical (unpaired) electrons. The zero-order valence-electron chi connectivity index (χ0n) is 9.81. The summed E-state index contributed by atoms with van der Waals surface area (Å²) in [4.78, 5) is 4.20. The van der Waals surface area contributed by atoms with Crippen molar-refractivity contribution in [2.24, 2.45) is 0 Å². The minimum absolute atomic E-state index is 0.427. The van der Waals surface area contributed by atoms with Crippen molar-refractivity contribution in [1.82, 2.24) is 4.98 Å². The van der Waals surface area contributed by atoms with E-state index in [2.05, 4.69) is 22.6 Å². The Morgan fingerprint density at radius 2 is 2.41 bits per heavy atom. The first kappa shape index (κ1) is 12.1. The molecule has 1 fully saturated rings. The predicted molar refractivity (Wildman–Crippen MR) is 71.9 cm³/mol. The third kappa shape index (κ3) is 2.83. The van der Waals surface area contributed by atoms with Gasteiger partial charge in [0.05, 0.1) is 17.4 Å². The number of nitrogen functional groups attached to an aromatic ring is 1. The fraction of sp³-hybridized carbons (Fsp3) is 0.500. The zero-order chi connectivity index (χ0) is 12.3. The molecule has 0 aliphatic heterocycles. The van der Waals surface area contributed by atoms with E-state index in [4.69, 9.17) is 11.0 Å². The SMILES string of the molecule is CSC1CCC(Nc2ncc(N)cc2C#N)C1. The number of rotatable bonds is 3. The van der Waals surface area contributed by atoms with E-state index in [0.717, 1.165) is 18.1 Å². The first-order valence-corrected chi connectivity index (χ1v) is 6.96. The van der Waals surface area contributed by atoms with Gasteiger partial charge in [-0.25, -0.2) is 4.98 Å². The van der Waals surface area contributed by atoms with Crippen LogP contribution < -0.4 is 11.1 Å². The standard InChI is InChI=1S/C12H16N4S/c1-17-11-3-2-10(5-11)16-12-8(6-13)4-9(14)7-15-12/h4,7,10-11H,2-3,5,14H2,1H3,(H,15,16). The van der Waals surface area contributed by atoms with E-state index in [9.17, 15) is 0 Å². The number of hydrogen-bond acceptors (Lipinski definition) is 5. The lowest BCUT2D eigenvalue weighted by atomic mass is 10.2. The van der Waals surface area contributed by atoms with Crippen LogP contribution in [0.25, 0.3) is 0 Å². The summed E-state index contributed by atoms with van der Waals surface area (Å²) in [6.07, 6.45) is 7.25. The summed E-state index contributed by atoms with van der Waals surface area (Å²) in [6.45, 7) is 0. The quantitative estimate of drug-likeness (QED) is 0.858. The largest absolute Gasteiger partial charge is 0.397 e. The van der Waals surface area contributed by atoms with Crippen LogP contribution >= 0.6 is 11.8 Å². The van der Waals surface area contributed by atoms with Gasteiger partial charge in [0.15, 0.2) is 0 Å². The molecule has 2 atom stereocenters. The molecular formula is C12H16N4S. The molecule has 2 rings (SSSR count). The van der Waals surface area contributed by atoms with Crippen molar-refractivity contribution in [2.75, 3.05) is 17.3 Å². The molecule has 1 aromatic rings. The maximum atomic E-state index is 9.03. The van der Waals surface area contributed by atoms with Gasteiger partial charge in [-0.05, 0) is 31.6 Å². The first-order chi connectivity index (χ1) is 8.22. The minimum Gasteiger partial charge on any atom is -0.397 e. The molecule has 0 amide bonds. The van der Waals surface area contributed by atoms with E-state index in [-0.39, 0.29) is 0 Å². The fourth-order valence-corrected chi connectivity index (χ4v) is 2.96. The van der Waals surface area contributed by atoms with Crippen molar-refractivity contribution in [3.05, 3.63) is 17.8 Å². The summed E-state index contributed by atoms with van der Waals surface area (Å²) in [5, 5.41) is 13.1. The van der Waals surface area contributed by atoms with Crippen LogP contribution in [0.15, 0.2) is 12.3 Å². The Hall–Kier alpha value is -1.41. The molecule has 0 saturated heterocycles. The van der Waals surface area contributed by atoms with Crippen molar-refractivity contribution in [3.63, 3.8) is 0 Å². The molecule has 1 saturated carbocycles. The number of thioether (sulfide) groups is 1. The van der Waals surface area contributed by atoms with Gasteiger partial charge in [-0.2, -0.15) is 17.0 Å². The maximum Gasteiger partial charge on any atom is 0.144 e. The number of pyridine rings is 1. The highest BCUT2D eigenvalue weighted by Crippen LogP contribution is 2.30. The van der Waals surface area contributed by atoms with E-state index >= 15 is 0 Å². The summed E-state index contributed by atoms with van der Waals surface area (Å²) in [7, 11) is 0. The number of nitriles is 1. The van der Waals surface area contributed by atoms with Gasteiger partial charge in [-0.15, -0.1) is 0 Å². The molecule has 5 heteroatoms. The molecule has 90 valence electrons. The summed E-state index contributed by atoms with van der Waals surface area (Å²) >= 11 is 1.91. The van der Waals surface area contributed by atoms with Crippen LogP contribution in [-0.2, 0) is 0 Å². The Balaban J connectivity index is 2.07. The monoisotopic (exact) mass is 248 g/mol. The summed E-state index contributed by atoms with van der Waals surface area (Å²) in [5.41, 5.74) is 6.66. The molecule has 4 nitrogen and oxygen atoms in total. The summed E-state index contributed by atoms with van der Waals surface area (Å²) in [6, 6.07) is 4.21. The topological polar surface area (TPSA) is 74.7 Å². The minimum atomic E-state index is 0.427. The molecule has 0 aromatic carbocycles. The molecule has 0 spiro atoms. The van der Waals surface area contributed by atoms with Gasteiger partial charge >= 0.3 is 0 Å². The maximum absolute atomic E-state index is 9.03. The van der Waals surface area contributed by atoms with Crippen molar-refractivity contribution in [2.45, 2.75) is 30.6 Å². The number of nitrogens with one attached hydrogen (secondary N) is 1. The average Bonchev–Trinajstić information content (AvgIpc) is 2.79. The Morgan fingerprint density at radius 1 is 1.59 bits per heavy atom. The fourth-order valence-electron chi connectivity index (χ4n) is 2.16. The Kier molecular flexibility index (Phi) is 3.75. The number of hydrogen-bond donors (Lipinski definition) is 2. The average molecular weight is 248 g/mol. The molecule has 17 heavy (non-hydrogen) atoms. The highest BCUT2D eigenvalue weighted by molar-refractivity contribution is 7.99. The third-order valence-corrected chi connectivity index (χ3v) is 4.18. The van der Waals surface area contributed by atoms with E-state index < -0.39 is 0 Å². The van der Waals surface area contributed by atoms with E-state index in [0.29, 0.717) is 23.1 Å². The van der Waals surface area contributed by atoms with Gasteiger partial charge in [0.25, 0.3) is 0 Å². The van der Waals surface area contributed by atoms with Crippen LogP contribution in [0, 0.1) is 11.3 Å². The lowest BCUT2D eigenvalue weighted by molar-refractivity contribution is 0.751. The van der Waals surface area contributed by atoms with E-state index in [1.54, 1.807) is 12.3 Å². The van der Waals surface area contributed by atoms with Crippen LogP contribution in [0.1, 0.15) is 24.8 Å². The second-order valence-corrected chi connectivity index (χ2v) is 5.43. The number of nitrogens with zero attached hydrogens (tertiary/aromatic N) is 2. The Morgan fingerprint density at radius 3 is 3.06 bits per heavy atom. The van der Waals surface area contributed by atoms with E-state index in [1.807, 2.05) is 11.8 Å². The van der Waals surface area contributed by atoms with Crippen molar-refractivity contribution in [1.29, 1.82) is 5.26 Å². The van der Waals surface area contributed by atoms with Gasteiger partial charge in [-0.3, -0.25) is 0 Å². The van der Waals surface area contributed by atoms with Crippen LogP contribution in [0.3, 0.4) is 0 Å². The molecule has 0 bridgehead atoms.